The topological polar surface area (TPSA) is 171 Å². The van der Waals surface area contributed by atoms with Gasteiger partial charge in [-0.3, -0.25) is 24.0 Å². The number of fused-ring (bicyclic) bond motifs is 5. The Labute approximate surface area is 240 Å². The van der Waals surface area contributed by atoms with Crippen molar-refractivity contribution in [2.24, 2.45) is 0 Å². The number of allylic oxidation sites excluding steroid dienone is 2. The summed E-state index contributed by atoms with van der Waals surface area (Å²) in [6.07, 6.45) is 4.31. The maximum Gasteiger partial charge on any atom is 0.259 e. The summed E-state index contributed by atoms with van der Waals surface area (Å²) in [7, 11) is 1.15. The normalized spacial score (nSPS) is 19.1. The van der Waals surface area contributed by atoms with Gasteiger partial charge in [-0.05, 0) is 53.2 Å². The van der Waals surface area contributed by atoms with E-state index in [4.69, 9.17) is 4.74 Å². The third-order valence-electron chi connectivity index (χ3n) is 8.45. The van der Waals surface area contributed by atoms with Crippen LogP contribution in [0.2, 0.25) is 0 Å². The summed E-state index contributed by atoms with van der Waals surface area (Å²) < 4.78 is 5.37. The van der Waals surface area contributed by atoms with Crippen LogP contribution in [0.25, 0.3) is 10.8 Å². The highest BCUT2D eigenvalue weighted by Crippen LogP contribution is 2.58. The molecule has 1 heterocycles. The number of rotatable bonds is 5. The van der Waals surface area contributed by atoms with Crippen LogP contribution in [0.5, 0.6) is 17.2 Å². The number of phenolic OH excluding ortho intramolecular Hbond substituents is 3. The number of phenols is 3. The summed E-state index contributed by atoms with van der Waals surface area (Å²) in [4.78, 5) is 70.0. The lowest BCUT2D eigenvalue weighted by Gasteiger charge is -2.23. The molecule has 3 aliphatic carbocycles. The van der Waals surface area contributed by atoms with Crippen LogP contribution >= 0.6 is 15.9 Å². The summed E-state index contributed by atoms with van der Waals surface area (Å²) in [6, 6.07) is 1.76. The predicted molar refractivity (Wildman–Crippen MR) is 149 cm³/mol. The fraction of sp³-hybridized carbons (Fsp3) is 0.300. The lowest BCUT2D eigenvalue weighted by Crippen LogP contribution is -2.36. The first kappa shape index (κ1) is 26.9. The molecule has 3 aliphatic rings. The second kappa shape index (κ2) is 9.13. The highest BCUT2D eigenvalue weighted by atomic mass is 79.9. The maximum absolute atomic E-state index is 14.1. The number of nitrogens with one attached hydrogen (secondary N) is 1. The fourth-order valence-corrected chi connectivity index (χ4v) is 7.25. The number of benzene rings is 2. The number of H-pyrrole nitrogens is 1. The van der Waals surface area contributed by atoms with Crippen molar-refractivity contribution in [1.82, 2.24) is 4.98 Å². The van der Waals surface area contributed by atoms with Crippen molar-refractivity contribution in [2.45, 2.75) is 50.9 Å². The molecule has 6 rings (SSSR count). The maximum atomic E-state index is 14.1. The molecule has 2 aromatic carbocycles. The van der Waals surface area contributed by atoms with Crippen molar-refractivity contribution in [3.05, 3.63) is 71.8 Å². The molecule has 1 spiro atoms. The van der Waals surface area contributed by atoms with Gasteiger partial charge >= 0.3 is 0 Å². The Morgan fingerprint density at radius 3 is 2.24 bits per heavy atom. The molecule has 41 heavy (non-hydrogen) atoms. The summed E-state index contributed by atoms with van der Waals surface area (Å²) in [5, 5.41) is 34.1. The van der Waals surface area contributed by atoms with Gasteiger partial charge in [0.05, 0.1) is 34.7 Å². The Kier molecular flexibility index (Phi) is 6.00. The number of carbonyl (C=O) groups is 4. The Bertz CT molecular complexity index is 1880. The summed E-state index contributed by atoms with van der Waals surface area (Å²) >= 11 is 3.54. The second-order valence-electron chi connectivity index (χ2n) is 10.6. The lowest BCUT2D eigenvalue weighted by molar-refractivity contribution is 0.0790. The number of halogens is 1. The molecule has 0 bridgehead atoms. The minimum absolute atomic E-state index is 0.0996. The van der Waals surface area contributed by atoms with Crippen molar-refractivity contribution in [1.29, 1.82) is 0 Å². The molecule has 0 saturated carbocycles. The fourth-order valence-electron chi connectivity index (χ4n) is 6.54. The van der Waals surface area contributed by atoms with Gasteiger partial charge in [0, 0.05) is 27.2 Å². The Balaban J connectivity index is 1.59. The molecular weight excluding hydrogens is 598 g/mol. The summed E-state index contributed by atoms with van der Waals surface area (Å²) in [6.45, 7) is 2.07. The number of aromatic amines is 1. The SMILES string of the molecule is CCCCCc1cc2c(Br)c3c(c(O)c2c(=O)[nH]1)C1(CC3)C(=O)c2c(O)c3c(c(O)c2C1=O)C(=O)C(OC)=CC3=O. The second-order valence-corrected chi connectivity index (χ2v) is 11.3. The highest BCUT2D eigenvalue weighted by Gasteiger charge is 2.62. The molecule has 1 aromatic heterocycles. The van der Waals surface area contributed by atoms with E-state index in [1.807, 2.05) is 0 Å². The molecule has 0 saturated heterocycles. The predicted octanol–water partition coefficient (Wildman–Crippen LogP) is 4.31. The van der Waals surface area contributed by atoms with Gasteiger partial charge in [0.25, 0.3) is 5.56 Å². The van der Waals surface area contributed by atoms with Crippen LogP contribution in [0.1, 0.15) is 90.9 Å². The van der Waals surface area contributed by atoms with Crippen LogP contribution in [-0.2, 0) is 23.0 Å². The van der Waals surface area contributed by atoms with Gasteiger partial charge in [-0.25, -0.2) is 0 Å². The molecule has 0 fully saturated rings. The molecule has 1 unspecified atom stereocenters. The van der Waals surface area contributed by atoms with E-state index in [1.165, 1.54) is 0 Å². The molecule has 0 aliphatic heterocycles. The van der Waals surface area contributed by atoms with Gasteiger partial charge in [0.2, 0.25) is 5.78 Å². The number of aromatic hydroxyl groups is 3. The van der Waals surface area contributed by atoms with Crippen LogP contribution in [0.3, 0.4) is 0 Å². The van der Waals surface area contributed by atoms with E-state index in [-0.39, 0.29) is 23.8 Å². The largest absolute Gasteiger partial charge is 0.507 e. The van der Waals surface area contributed by atoms with Crippen molar-refractivity contribution in [3.63, 3.8) is 0 Å². The molecule has 210 valence electrons. The van der Waals surface area contributed by atoms with E-state index < -0.39 is 79.4 Å². The number of pyridine rings is 1. The van der Waals surface area contributed by atoms with Gasteiger partial charge in [0.15, 0.2) is 23.1 Å². The number of hydrogen-bond donors (Lipinski definition) is 4. The van der Waals surface area contributed by atoms with Crippen LogP contribution < -0.4 is 5.56 Å². The zero-order valence-corrected chi connectivity index (χ0v) is 23.7. The molecular formula is C30H24BrNO9. The van der Waals surface area contributed by atoms with E-state index in [0.29, 0.717) is 27.5 Å². The monoisotopic (exact) mass is 621 g/mol. The number of aryl methyl sites for hydroxylation is 1. The Morgan fingerprint density at radius 1 is 0.951 bits per heavy atom. The first-order valence-electron chi connectivity index (χ1n) is 13.2. The standard InChI is InChI=1S/C30H24BrNO9/c1-3-4-5-6-11-9-13-16(29(40)32-11)26(37)21-12(22(13)31)7-8-30(21)27(38)19-20(28(30)39)25(36)18-17(24(19)35)14(33)10-15(41-2)23(18)34/h9-10,35-37H,3-8H2,1-2H3,(H,32,40). The van der Waals surface area contributed by atoms with Crippen LogP contribution in [0.4, 0.5) is 0 Å². The number of methoxy groups -OCH3 is 1. The number of aromatic nitrogens is 1. The van der Waals surface area contributed by atoms with Crippen molar-refractivity contribution in [3.8, 4) is 17.2 Å². The molecule has 11 heteroatoms. The number of unbranched alkanes of at least 4 members (excludes halogenated alkanes) is 2. The Morgan fingerprint density at radius 2 is 1.61 bits per heavy atom. The van der Waals surface area contributed by atoms with Gasteiger partial charge < -0.3 is 25.0 Å². The number of ether oxygens (including phenoxy) is 1. The number of hydrogen-bond acceptors (Lipinski definition) is 9. The van der Waals surface area contributed by atoms with Crippen LogP contribution in [0.15, 0.2) is 27.2 Å². The van der Waals surface area contributed by atoms with Crippen molar-refractivity contribution in [2.75, 3.05) is 7.11 Å². The quantitative estimate of drug-likeness (QED) is 0.184. The molecule has 0 amide bonds. The van der Waals surface area contributed by atoms with Crippen LogP contribution in [-0.4, -0.2) is 50.5 Å². The van der Waals surface area contributed by atoms with Gasteiger partial charge in [-0.15, -0.1) is 0 Å². The summed E-state index contributed by atoms with van der Waals surface area (Å²) in [5.74, 6) is -6.51. The number of ketones is 4. The number of Topliss-reactive ketones (excluding diaryl/α,β-unsaturated/α-hetero) is 3. The van der Waals surface area contributed by atoms with Crippen molar-refractivity contribution < 1.29 is 39.2 Å². The van der Waals surface area contributed by atoms with Gasteiger partial charge in [-0.1, -0.05) is 19.8 Å². The molecule has 0 radical (unpaired) electrons. The van der Waals surface area contributed by atoms with Crippen LogP contribution in [0, 0.1) is 0 Å². The first-order valence-corrected chi connectivity index (χ1v) is 14.0. The minimum atomic E-state index is -2.09. The first-order chi connectivity index (χ1) is 19.5. The van der Waals surface area contributed by atoms with E-state index in [2.05, 4.69) is 27.8 Å². The van der Waals surface area contributed by atoms with Crippen molar-refractivity contribution >= 4 is 49.8 Å². The van der Waals surface area contributed by atoms with E-state index in [9.17, 15) is 39.3 Å². The molecule has 1 atom stereocenters. The van der Waals surface area contributed by atoms with Gasteiger partial charge in [0.1, 0.15) is 22.7 Å². The van der Waals surface area contributed by atoms with E-state index >= 15 is 0 Å². The molecule has 10 nitrogen and oxygen atoms in total. The Hall–Kier alpha value is -4.25. The highest BCUT2D eigenvalue weighted by molar-refractivity contribution is 9.10. The zero-order chi connectivity index (χ0) is 29.5. The smallest absolute Gasteiger partial charge is 0.259 e. The lowest BCUT2D eigenvalue weighted by atomic mass is 9.76. The van der Waals surface area contributed by atoms with E-state index in [1.54, 1.807) is 6.07 Å². The molecule has 4 N–H and O–H groups in total. The zero-order valence-electron chi connectivity index (χ0n) is 22.1. The van der Waals surface area contributed by atoms with E-state index in [0.717, 1.165) is 32.4 Å². The van der Waals surface area contributed by atoms with Gasteiger partial charge in [-0.2, -0.15) is 0 Å². The number of carbonyl (C=O) groups excluding carboxylic acids is 4. The minimum Gasteiger partial charge on any atom is -0.507 e. The molecule has 3 aromatic rings. The summed E-state index contributed by atoms with van der Waals surface area (Å²) in [5.41, 5.74) is -4.14. The third kappa shape index (κ3) is 3.32. The average molecular weight is 622 g/mol. The average Bonchev–Trinajstić information content (AvgIpc) is 3.45. The third-order valence-corrected chi connectivity index (χ3v) is 9.35.